The Kier molecular flexibility index (Phi) is 6.95. The molecule has 0 fully saturated rings. The molecule has 0 saturated carbocycles. The molecule has 0 amide bonds. The zero-order valence-electron chi connectivity index (χ0n) is 14.6. The molecule has 1 unspecified atom stereocenters. The number of non-ortho nitro benzene ring substituents is 1. The van der Waals surface area contributed by atoms with Gasteiger partial charge < -0.3 is 10.6 Å². The third-order valence-corrected chi connectivity index (χ3v) is 3.87. The first-order valence-corrected chi connectivity index (χ1v) is 8.40. The van der Waals surface area contributed by atoms with Crippen molar-refractivity contribution in [2.45, 2.75) is 39.4 Å². The van der Waals surface area contributed by atoms with Gasteiger partial charge in [-0.3, -0.25) is 10.1 Å². The summed E-state index contributed by atoms with van der Waals surface area (Å²) in [5.41, 5.74) is 2.20. The second kappa shape index (κ2) is 9.42. The molecule has 2 aromatic carbocycles. The number of guanidine groups is 1. The van der Waals surface area contributed by atoms with Crippen LogP contribution in [0.25, 0.3) is 0 Å². The lowest BCUT2D eigenvalue weighted by Gasteiger charge is -2.17. The molecule has 0 saturated heterocycles. The lowest BCUT2D eigenvalue weighted by atomic mass is 10.2. The summed E-state index contributed by atoms with van der Waals surface area (Å²) in [6.45, 7) is 5.36. The third kappa shape index (κ3) is 6.25. The molecule has 0 spiro atoms. The fraction of sp³-hybridized carbons (Fsp3) is 0.316. The lowest BCUT2D eigenvalue weighted by molar-refractivity contribution is -0.384. The van der Waals surface area contributed by atoms with Crippen LogP contribution in [0.1, 0.15) is 31.4 Å². The van der Waals surface area contributed by atoms with Crippen LogP contribution in [0.4, 0.5) is 5.69 Å². The summed E-state index contributed by atoms with van der Waals surface area (Å²) in [6, 6.07) is 16.9. The van der Waals surface area contributed by atoms with E-state index in [1.807, 2.05) is 30.3 Å². The number of nitro benzene ring substituents is 1. The van der Waals surface area contributed by atoms with Crippen LogP contribution in [-0.4, -0.2) is 16.9 Å². The van der Waals surface area contributed by atoms with Crippen LogP contribution in [0.3, 0.4) is 0 Å². The maximum atomic E-state index is 10.7. The first-order valence-electron chi connectivity index (χ1n) is 8.40. The molecule has 6 heteroatoms. The van der Waals surface area contributed by atoms with E-state index in [4.69, 9.17) is 0 Å². The van der Waals surface area contributed by atoms with Gasteiger partial charge in [-0.2, -0.15) is 0 Å². The average Bonchev–Trinajstić information content (AvgIpc) is 2.64. The molecule has 2 aromatic rings. The van der Waals surface area contributed by atoms with Crippen molar-refractivity contribution in [1.82, 2.24) is 10.6 Å². The summed E-state index contributed by atoms with van der Waals surface area (Å²) in [5, 5.41) is 17.4. The molecule has 132 valence electrons. The molecule has 2 N–H and O–H groups in total. The fourth-order valence-electron chi connectivity index (χ4n) is 2.16. The number of nitrogens with zero attached hydrogens (tertiary/aromatic N) is 2. The van der Waals surface area contributed by atoms with Crippen LogP contribution in [0, 0.1) is 10.1 Å². The number of nitro groups is 1. The number of hydrogen-bond donors (Lipinski definition) is 2. The Balaban J connectivity index is 2.01. The molecule has 0 aliphatic carbocycles. The van der Waals surface area contributed by atoms with Gasteiger partial charge >= 0.3 is 0 Å². The van der Waals surface area contributed by atoms with Gasteiger partial charge in [-0.1, -0.05) is 49.4 Å². The molecule has 0 aliphatic rings. The molecule has 0 radical (unpaired) electrons. The largest absolute Gasteiger partial charge is 0.354 e. The summed E-state index contributed by atoms with van der Waals surface area (Å²) < 4.78 is 0. The molecular weight excluding hydrogens is 316 g/mol. The summed E-state index contributed by atoms with van der Waals surface area (Å²) in [5.74, 6) is 0.733. The summed E-state index contributed by atoms with van der Waals surface area (Å²) in [6.07, 6.45) is 0.990. The van der Waals surface area contributed by atoms with Crippen molar-refractivity contribution in [3.8, 4) is 0 Å². The SMILES string of the molecule is CCC(C)NC(=NCc1ccccc1)NCc1ccc([N+](=O)[O-])cc1. The van der Waals surface area contributed by atoms with E-state index >= 15 is 0 Å². The normalized spacial score (nSPS) is 12.5. The van der Waals surface area contributed by atoms with Crippen molar-refractivity contribution in [3.63, 3.8) is 0 Å². The Morgan fingerprint density at radius 3 is 2.40 bits per heavy atom. The molecular formula is C19H24N4O2. The van der Waals surface area contributed by atoms with Crippen molar-refractivity contribution >= 4 is 11.6 Å². The zero-order valence-corrected chi connectivity index (χ0v) is 14.6. The van der Waals surface area contributed by atoms with E-state index in [9.17, 15) is 10.1 Å². The molecule has 6 nitrogen and oxygen atoms in total. The topological polar surface area (TPSA) is 79.6 Å². The van der Waals surface area contributed by atoms with Crippen LogP contribution >= 0.6 is 0 Å². The van der Waals surface area contributed by atoms with Gasteiger partial charge in [-0.05, 0) is 24.5 Å². The molecule has 0 aromatic heterocycles. The number of rotatable bonds is 7. The number of aliphatic imine (C=N–C) groups is 1. The highest BCUT2D eigenvalue weighted by Gasteiger charge is 2.06. The lowest BCUT2D eigenvalue weighted by Crippen LogP contribution is -2.41. The molecule has 0 aliphatic heterocycles. The Morgan fingerprint density at radius 2 is 1.80 bits per heavy atom. The standard InChI is InChI=1S/C19H24N4O2/c1-3-15(2)22-19(20-13-16-7-5-4-6-8-16)21-14-17-9-11-18(12-10-17)23(24)25/h4-12,15H,3,13-14H2,1-2H3,(H2,20,21,22). The van der Waals surface area contributed by atoms with Crippen molar-refractivity contribution < 1.29 is 4.92 Å². The first-order chi connectivity index (χ1) is 12.1. The van der Waals surface area contributed by atoms with E-state index in [0.29, 0.717) is 19.1 Å². The second-order valence-electron chi connectivity index (χ2n) is 5.88. The van der Waals surface area contributed by atoms with Crippen molar-refractivity contribution in [2.24, 2.45) is 4.99 Å². The van der Waals surface area contributed by atoms with Crippen molar-refractivity contribution in [2.75, 3.05) is 0 Å². The Hall–Kier alpha value is -2.89. The highest BCUT2D eigenvalue weighted by Crippen LogP contribution is 2.11. The highest BCUT2D eigenvalue weighted by molar-refractivity contribution is 5.80. The van der Waals surface area contributed by atoms with Gasteiger partial charge in [0.05, 0.1) is 11.5 Å². The molecule has 2 rings (SSSR count). The monoisotopic (exact) mass is 340 g/mol. The van der Waals surface area contributed by atoms with Gasteiger partial charge in [-0.15, -0.1) is 0 Å². The predicted octanol–water partition coefficient (Wildman–Crippen LogP) is 3.63. The smallest absolute Gasteiger partial charge is 0.269 e. The molecule has 0 bridgehead atoms. The van der Waals surface area contributed by atoms with E-state index in [1.54, 1.807) is 12.1 Å². The van der Waals surface area contributed by atoms with E-state index in [-0.39, 0.29) is 5.69 Å². The Morgan fingerprint density at radius 1 is 1.12 bits per heavy atom. The summed E-state index contributed by atoms with van der Waals surface area (Å²) >= 11 is 0. The van der Waals surface area contributed by atoms with Gasteiger partial charge in [0.25, 0.3) is 5.69 Å². The predicted molar refractivity (Wildman–Crippen MR) is 100 cm³/mol. The molecule has 0 heterocycles. The maximum absolute atomic E-state index is 10.7. The summed E-state index contributed by atoms with van der Waals surface area (Å²) in [7, 11) is 0. The maximum Gasteiger partial charge on any atom is 0.269 e. The first kappa shape index (κ1) is 18.4. The second-order valence-corrected chi connectivity index (χ2v) is 5.88. The fourth-order valence-corrected chi connectivity index (χ4v) is 2.16. The third-order valence-electron chi connectivity index (χ3n) is 3.87. The van der Waals surface area contributed by atoms with E-state index < -0.39 is 4.92 Å². The number of benzene rings is 2. The Bertz CT molecular complexity index is 699. The van der Waals surface area contributed by atoms with E-state index in [1.165, 1.54) is 12.1 Å². The Labute approximate surface area is 148 Å². The van der Waals surface area contributed by atoms with Crippen LogP contribution in [-0.2, 0) is 13.1 Å². The molecule has 25 heavy (non-hydrogen) atoms. The summed E-state index contributed by atoms with van der Waals surface area (Å²) in [4.78, 5) is 14.9. The number of hydrogen-bond acceptors (Lipinski definition) is 3. The average molecular weight is 340 g/mol. The van der Waals surface area contributed by atoms with Crippen LogP contribution in [0.15, 0.2) is 59.6 Å². The van der Waals surface area contributed by atoms with Crippen LogP contribution in [0.5, 0.6) is 0 Å². The van der Waals surface area contributed by atoms with Crippen molar-refractivity contribution in [3.05, 3.63) is 75.8 Å². The van der Waals surface area contributed by atoms with Gasteiger partial charge in [0, 0.05) is 24.7 Å². The van der Waals surface area contributed by atoms with E-state index in [0.717, 1.165) is 23.5 Å². The van der Waals surface area contributed by atoms with Crippen LogP contribution in [0.2, 0.25) is 0 Å². The van der Waals surface area contributed by atoms with Gasteiger partial charge in [-0.25, -0.2) is 4.99 Å². The molecule has 1 atom stereocenters. The van der Waals surface area contributed by atoms with E-state index in [2.05, 4.69) is 29.5 Å². The van der Waals surface area contributed by atoms with Crippen molar-refractivity contribution in [1.29, 1.82) is 0 Å². The quantitative estimate of drug-likeness (QED) is 0.349. The minimum absolute atomic E-state index is 0.0967. The van der Waals surface area contributed by atoms with Gasteiger partial charge in [0.2, 0.25) is 0 Å². The number of nitrogens with one attached hydrogen (secondary N) is 2. The zero-order chi connectivity index (χ0) is 18.1. The highest BCUT2D eigenvalue weighted by atomic mass is 16.6. The van der Waals surface area contributed by atoms with Gasteiger partial charge in [0.1, 0.15) is 0 Å². The van der Waals surface area contributed by atoms with Crippen LogP contribution < -0.4 is 10.6 Å². The minimum atomic E-state index is -0.394. The van der Waals surface area contributed by atoms with Gasteiger partial charge in [0.15, 0.2) is 5.96 Å². The minimum Gasteiger partial charge on any atom is -0.354 e.